The van der Waals surface area contributed by atoms with E-state index in [2.05, 4.69) is 24.5 Å². The maximum Gasteiger partial charge on any atom is 0.325 e. The summed E-state index contributed by atoms with van der Waals surface area (Å²) in [5, 5.41) is 6.05. The zero-order valence-corrected chi connectivity index (χ0v) is 12.2. The number of rotatable bonds is 4. The molecule has 108 valence electrons. The molecule has 19 heavy (non-hydrogen) atoms. The second-order valence-electron chi connectivity index (χ2n) is 5.95. The molecule has 0 aromatic rings. The fraction of sp³-hybridized carbons (Fsp3) is 0.857. The first-order valence-electron chi connectivity index (χ1n) is 7.32. The van der Waals surface area contributed by atoms with Crippen molar-refractivity contribution < 1.29 is 9.59 Å². The van der Waals surface area contributed by atoms with Crippen molar-refractivity contribution in [2.24, 2.45) is 11.8 Å². The Balaban J connectivity index is 2.15. The van der Waals surface area contributed by atoms with Gasteiger partial charge in [0.05, 0.1) is 0 Å². The van der Waals surface area contributed by atoms with E-state index < -0.39 is 5.54 Å². The van der Waals surface area contributed by atoms with Gasteiger partial charge in [0.1, 0.15) is 5.54 Å². The van der Waals surface area contributed by atoms with Gasteiger partial charge in [-0.25, -0.2) is 4.79 Å². The molecule has 5 heteroatoms. The lowest BCUT2D eigenvalue weighted by molar-refractivity contribution is -0.136. The highest BCUT2D eigenvalue weighted by Crippen LogP contribution is 2.42. The van der Waals surface area contributed by atoms with Crippen LogP contribution in [0.25, 0.3) is 0 Å². The molecule has 0 radical (unpaired) electrons. The van der Waals surface area contributed by atoms with Crippen LogP contribution < -0.4 is 10.6 Å². The van der Waals surface area contributed by atoms with Crippen molar-refractivity contribution in [1.29, 1.82) is 0 Å². The third-order valence-electron chi connectivity index (χ3n) is 4.80. The summed E-state index contributed by atoms with van der Waals surface area (Å²) in [7, 11) is 1.87. The van der Waals surface area contributed by atoms with Crippen LogP contribution in [-0.4, -0.2) is 42.5 Å². The zero-order chi connectivity index (χ0) is 14.0. The first-order chi connectivity index (χ1) is 9.04. The van der Waals surface area contributed by atoms with Gasteiger partial charge in [0.25, 0.3) is 5.91 Å². The molecule has 1 aliphatic heterocycles. The monoisotopic (exact) mass is 267 g/mol. The fourth-order valence-corrected chi connectivity index (χ4v) is 3.57. The minimum atomic E-state index is -0.644. The van der Waals surface area contributed by atoms with Gasteiger partial charge in [-0.05, 0) is 44.7 Å². The van der Waals surface area contributed by atoms with Gasteiger partial charge < -0.3 is 10.6 Å². The molecule has 1 aliphatic carbocycles. The average molecular weight is 267 g/mol. The van der Waals surface area contributed by atoms with Crippen LogP contribution in [0.15, 0.2) is 0 Å². The van der Waals surface area contributed by atoms with Gasteiger partial charge in [-0.1, -0.05) is 20.3 Å². The number of carbonyl (C=O) groups excluding carboxylic acids is 2. The maximum absolute atomic E-state index is 12.7. The van der Waals surface area contributed by atoms with Crippen molar-refractivity contribution in [3.05, 3.63) is 0 Å². The summed E-state index contributed by atoms with van der Waals surface area (Å²) >= 11 is 0. The smallest absolute Gasteiger partial charge is 0.323 e. The molecular weight excluding hydrogens is 242 g/mol. The summed E-state index contributed by atoms with van der Waals surface area (Å²) in [6, 6.07) is -0.207. The number of carbonyl (C=O) groups is 2. The molecule has 1 spiro atoms. The Labute approximate surface area is 115 Å². The molecule has 1 saturated carbocycles. The van der Waals surface area contributed by atoms with Crippen LogP contribution in [0.2, 0.25) is 0 Å². The van der Waals surface area contributed by atoms with E-state index >= 15 is 0 Å². The minimum absolute atomic E-state index is 0.00620. The number of urea groups is 1. The number of nitrogens with one attached hydrogen (secondary N) is 2. The molecule has 2 fully saturated rings. The van der Waals surface area contributed by atoms with Crippen LogP contribution in [0, 0.1) is 11.8 Å². The van der Waals surface area contributed by atoms with Gasteiger partial charge in [0.15, 0.2) is 0 Å². The third-order valence-corrected chi connectivity index (χ3v) is 4.80. The fourth-order valence-electron chi connectivity index (χ4n) is 3.57. The first kappa shape index (κ1) is 14.3. The van der Waals surface area contributed by atoms with E-state index in [0.29, 0.717) is 6.54 Å². The van der Waals surface area contributed by atoms with Crippen LogP contribution in [-0.2, 0) is 4.79 Å². The Morgan fingerprint density at radius 1 is 1.32 bits per heavy atom. The Morgan fingerprint density at radius 3 is 2.53 bits per heavy atom. The second-order valence-corrected chi connectivity index (χ2v) is 5.95. The highest BCUT2D eigenvalue weighted by atomic mass is 16.2. The molecule has 0 aromatic heterocycles. The van der Waals surface area contributed by atoms with Crippen LogP contribution in [0.5, 0.6) is 0 Å². The van der Waals surface area contributed by atoms with E-state index in [1.807, 2.05) is 7.05 Å². The summed E-state index contributed by atoms with van der Waals surface area (Å²) in [6.45, 7) is 5.50. The first-order valence-corrected chi connectivity index (χ1v) is 7.32. The number of hydrogen-bond donors (Lipinski definition) is 2. The van der Waals surface area contributed by atoms with Crippen molar-refractivity contribution in [2.45, 2.75) is 45.1 Å². The molecule has 0 aromatic carbocycles. The molecule has 2 rings (SSSR count). The molecule has 2 atom stereocenters. The van der Waals surface area contributed by atoms with E-state index in [4.69, 9.17) is 0 Å². The van der Waals surface area contributed by atoms with Crippen molar-refractivity contribution in [3.63, 3.8) is 0 Å². The molecule has 1 saturated heterocycles. The Kier molecular flexibility index (Phi) is 4.13. The summed E-state index contributed by atoms with van der Waals surface area (Å²) in [5.41, 5.74) is -0.644. The summed E-state index contributed by atoms with van der Waals surface area (Å²) in [5.74, 6) is 0.442. The highest BCUT2D eigenvalue weighted by molar-refractivity contribution is 6.07. The SMILES string of the molecule is CNCCCN1C(=O)NC2(C1=O)C(C)CCCC2C. The Bertz CT molecular complexity index is 360. The standard InChI is InChI=1S/C14H25N3O2/c1-10-6-4-7-11(2)14(10)12(18)17(13(19)16-14)9-5-8-15-3/h10-11,15H,4-9H2,1-3H3,(H,16,19). The number of amides is 3. The highest BCUT2D eigenvalue weighted by Gasteiger charge is 2.57. The topological polar surface area (TPSA) is 61.4 Å². The summed E-state index contributed by atoms with van der Waals surface area (Å²) in [6.07, 6.45) is 3.98. The minimum Gasteiger partial charge on any atom is -0.323 e. The number of nitrogens with zero attached hydrogens (tertiary/aromatic N) is 1. The van der Waals surface area contributed by atoms with Crippen LogP contribution in [0.4, 0.5) is 4.79 Å². The Morgan fingerprint density at radius 2 is 1.95 bits per heavy atom. The predicted molar refractivity (Wildman–Crippen MR) is 73.7 cm³/mol. The average Bonchev–Trinajstić information content (AvgIpc) is 2.62. The van der Waals surface area contributed by atoms with Gasteiger partial charge in [-0.3, -0.25) is 9.69 Å². The van der Waals surface area contributed by atoms with Gasteiger partial charge in [-0.2, -0.15) is 0 Å². The maximum atomic E-state index is 12.7. The Hall–Kier alpha value is -1.10. The molecular formula is C14H25N3O2. The second kappa shape index (κ2) is 5.49. The van der Waals surface area contributed by atoms with Crippen LogP contribution >= 0.6 is 0 Å². The molecule has 2 unspecified atom stereocenters. The number of hydrogen-bond acceptors (Lipinski definition) is 3. The lowest BCUT2D eigenvalue weighted by atomic mass is 9.67. The molecule has 0 bridgehead atoms. The predicted octanol–water partition coefficient (Wildman–Crippen LogP) is 1.34. The van der Waals surface area contributed by atoms with Crippen molar-refractivity contribution in [2.75, 3.05) is 20.1 Å². The lowest BCUT2D eigenvalue weighted by Crippen LogP contribution is -2.58. The third kappa shape index (κ3) is 2.24. The molecule has 2 N–H and O–H groups in total. The van der Waals surface area contributed by atoms with E-state index in [-0.39, 0.29) is 23.8 Å². The van der Waals surface area contributed by atoms with Gasteiger partial charge in [-0.15, -0.1) is 0 Å². The molecule has 1 heterocycles. The summed E-state index contributed by atoms with van der Waals surface area (Å²) in [4.78, 5) is 26.3. The van der Waals surface area contributed by atoms with Gasteiger partial charge >= 0.3 is 6.03 Å². The van der Waals surface area contributed by atoms with Crippen molar-refractivity contribution in [1.82, 2.24) is 15.5 Å². The zero-order valence-electron chi connectivity index (χ0n) is 12.2. The van der Waals surface area contributed by atoms with Crippen molar-refractivity contribution >= 4 is 11.9 Å². The van der Waals surface area contributed by atoms with E-state index in [1.165, 1.54) is 4.90 Å². The normalized spacial score (nSPS) is 35.0. The van der Waals surface area contributed by atoms with Gasteiger partial charge in [0.2, 0.25) is 0 Å². The lowest BCUT2D eigenvalue weighted by Gasteiger charge is -2.42. The summed E-state index contributed by atoms with van der Waals surface area (Å²) < 4.78 is 0. The molecule has 3 amide bonds. The quantitative estimate of drug-likeness (QED) is 0.597. The van der Waals surface area contributed by atoms with Crippen LogP contribution in [0.1, 0.15) is 39.5 Å². The van der Waals surface area contributed by atoms with Crippen LogP contribution in [0.3, 0.4) is 0 Å². The molecule has 2 aliphatic rings. The van der Waals surface area contributed by atoms with E-state index in [9.17, 15) is 9.59 Å². The number of imide groups is 1. The van der Waals surface area contributed by atoms with E-state index in [1.54, 1.807) is 0 Å². The van der Waals surface area contributed by atoms with Crippen molar-refractivity contribution in [3.8, 4) is 0 Å². The largest absolute Gasteiger partial charge is 0.325 e. The molecule has 5 nitrogen and oxygen atoms in total. The van der Waals surface area contributed by atoms with Gasteiger partial charge in [0, 0.05) is 6.54 Å². The van der Waals surface area contributed by atoms with E-state index in [0.717, 1.165) is 32.2 Å².